The lowest BCUT2D eigenvalue weighted by Gasteiger charge is -2.46. The Kier molecular flexibility index (Phi) is 9.56. The molecule has 0 N–H and O–H groups in total. The van der Waals surface area contributed by atoms with Crippen molar-refractivity contribution in [3.63, 3.8) is 0 Å². The van der Waals surface area contributed by atoms with Crippen LogP contribution in [-0.2, 0) is 52.4 Å². The van der Waals surface area contributed by atoms with Crippen molar-refractivity contribution in [3.05, 3.63) is 30.3 Å². The van der Waals surface area contributed by atoms with E-state index in [4.69, 9.17) is 28.4 Å². The van der Waals surface area contributed by atoms with Crippen molar-refractivity contribution in [1.82, 2.24) is 4.90 Å². The van der Waals surface area contributed by atoms with Gasteiger partial charge in [0.05, 0.1) is 7.11 Å². The molecule has 212 valence electrons. The van der Waals surface area contributed by atoms with Crippen LogP contribution in [-0.4, -0.2) is 89.9 Å². The summed E-state index contributed by atoms with van der Waals surface area (Å²) in [5.74, 6) is -3.92. The lowest BCUT2D eigenvalue weighted by atomic mass is 9.89. The molecule has 6 atom stereocenters. The van der Waals surface area contributed by atoms with Crippen LogP contribution in [0.5, 0.6) is 0 Å². The number of nitrogens with zero attached hydrogens (tertiary/aromatic N) is 1. The van der Waals surface area contributed by atoms with Gasteiger partial charge in [0.15, 0.2) is 12.2 Å². The number of fused-ring (bicyclic) bond motifs is 1. The minimum Gasteiger partial charge on any atom is -0.466 e. The Morgan fingerprint density at radius 2 is 1.67 bits per heavy atom. The van der Waals surface area contributed by atoms with Crippen molar-refractivity contribution < 1.29 is 57.2 Å². The van der Waals surface area contributed by atoms with Gasteiger partial charge in [-0.3, -0.25) is 19.2 Å². The highest BCUT2D eigenvalue weighted by Crippen LogP contribution is 2.48. The summed E-state index contributed by atoms with van der Waals surface area (Å²) < 4.78 is 32.8. The summed E-state index contributed by atoms with van der Waals surface area (Å²) in [5.41, 5.74) is 0. The zero-order chi connectivity index (χ0) is 28.9. The molecule has 39 heavy (non-hydrogen) atoms. The Morgan fingerprint density at radius 1 is 1.03 bits per heavy atom. The minimum atomic E-state index is -1.85. The molecule has 4 unspecified atom stereocenters. The minimum absolute atomic E-state index is 0.231. The smallest absolute Gasteiger partial charge is 0.417 e. The molecule has 0 aliphatic carbocycles. The van der Waals surface area contributed by atoms with Crippen molar-refractivity contribution in [2.24, 2.45) is 0 Å². The van der Waals surface area contributed by atoms with E-state index in [2.05, 4.69) is 0 Å². The molecular weight excluding hydrogens is 538 g/mol. The summed E-state index contributed by atoms with van der Waals surface area (Å²) in [7, 11) is 1.15. The predicted molar refractivity (Wildman–Crippen MR) is 131 cm³/mol. The van der Waals surface area contributed by atoms with Gasteiger partial charge in [-0.25, -0.2) is 14.5 Å². The monoisotopic (exact) mass is 567 g/mol. The van der Waals surface area contributed by atoms with Crippen LogP contribution in [0.1, 0.15) is 34.1 Å². The first-order chi connectivity index (χ1) is 18.4. The second-order valence-corrected chi connectivity index (χ2v) is 10.1. The number of carbonyl (C=O) groups is 6. The van der Waals surface area contributed by atoms with Gasteiger partial charge in [-0.2, -0.15) is 0 Å². The third kappa shape index (κ3) is 6.87. The molecule has 2 saturated heterocycles. The number of rotatable bonds is 9. The second-order valence-electron chi connectivity index (χ2n) is 8.77. The molecule has 2 fully saturated rings. The van der Waals surface area contributed by atoms with E-state index in [0.717, 1.165) is 51.5 Å². The zero-order valence-electron chi connectivity index (χ0n) is 21.9. The van der Waals surface area contributed by atoms with E-state index in [0.29, 0.717) is 4.90 Å². The SMILES string of the molecule is COC(=O)C1(Sc2ccccc2)CC2OC(=O)N(C(C)=O)C2C([C@@H](OC(C)=O)[C@H](COC(C)=O)OC(C)=O)O1. The molecule has 2 amide bonds. The fourth-order valence-corrected chi connectivity index (χ4v) is 5.74. The normalized spacial score (nSPS) is 25.4. The van der Waals surface area contributed by atoms with Gasteiger partial charge < -0.3 is 28.4 Å². The maximum absolute atomic E-state index is 13.3. The van der Waals surface area contributed by atoms with Gasteiger partial charge in [-0.1, -0.05) is 30.0 Å². The molecule has 13 nitrogen and oxygen atoms in total. The number of thioether (sulfide) groups is 1. The van der Waals surface area contributed by atoms with Crippen LogP contribution in [0.2, 0.25) is 0 Å². The Morgan fingerprint density at radius 3 is 2.21 bits per heavy atom. The lowest BCUT2D eigenvalue weighted by molar-refractivity contribution is -0.219. The Balaban J connectivity index is 2.18. The van der Waals surface area contributed by atoms with Gasteiger partial charge >= 0.3 is 30.0 Å². The first-order valence-corrected chi connectivity index (χ1v) is 12.7. The first kappa shape index (κ1) is 29.9. The number of amides is 2. The molecule has 2 aliphatic rings. The molecule has 0 bridgehead atoms. The molecular formula is C25H29NO12S. The maximum atomic E-state index is 13.3. The molecule has 2 aliphatic heterocycles. The Bertz CT molecular complexity index is 1130. The molecule has 1 aromatic rings. The maximum Gasteiger partial charge on any atom is 0.417 e. The molecule has 14 heteroatoms. The number of hydrogen-bond donors (Lipinski definition) is 0. The van der Waals surface area contributed by atoms with Crippen molar-refractivity contribution in [1.29, 1.82) is 0 Å². The van der Waals surface area contributed by atoms with Crippen molar-refractivity contribution in [2.75, 3.05) is 13.7 Å². The molecule has 0 spiro atoms. The second kappa shape index (κ2) is 12.5. The van der Waals surface area contributed by atoms with Crippen LogP contribution < -0.4 is 0 Å². The largest absolute Gasteiger partial charge is 0.466 e. The number of esters is 4. The average Bonchev–Trinajstić information content (AvgIpc) is 3.20. The first-order valence-electron chi connectivity index (χ1n) is 11.9. The van der Waals surface area contributed by atoms with Crippen LogP contribution in [0.3, 0.4) is 0 Å². The van der Waals surface area contributed by atoms with Gasteiger partial charge in [-0.05, 0) is 12.1 Å². The third-order valence-corrected chi connectivity index (χ3v) is 7.15. The highest BCUT2D eigenvalue weighted by Gasteiger charge is 2.63. The van der Waals surface area contributed by atoms with Gasteiger partial charge in [0.25, 0.3) is 0 Å². The summed E-state index contributed by atoms with van der Waals surface area (Å²) in [6.45, 7) is 3.86. The number of benzene rings is 1. The highest BCUT2D eigenvalue weighted by molar-refractivity contribution is 8.01. The number of imide groups is 1. The standard InChI is InChI=1S/C25H29NO12S/c1-13(27)26-20-18(37-24(26)32)11-25(23(31)33-5,39-17-9-7-6-8-10-17)38-22(20)21(36-16(4)30)19(35-15(3)29)12-34-14(2)28/h6-10,18-22H,11-12H2,1-5H3/t18?,19-,20?,21-,22?,25?/m0/s1. The van der Waals surface area contributed by atoms with Gasteiger partial charge in [0.1, 0.15) is 24.9 Å². The number of ether oxygens (including phenoxy) is 6. The highest BCUT2D eigenvalue weighted by atomic mass is 32.2. The number of hydrogen-bond acceptors (Lipinski definition) is 13. The topological polar surface area (TPSA) is 161 Å². The number of methoxy groups -OCH3 is 1. The van der Waals surface area contributed by atoms with Crippen molar-refractivity contribution in [3.8, 4) is 0 Å². The molecule has 1 aromatic carbocycles. The Labute approximate surface area is 228 Å². The van der Waals surface area contributed by atoms with E-state index in [9.17, 15) is 28.8 Å². The van der Waals surface area contributed by atoms with Crippen LogP contribution >= 0.6 is 11.8 Å². The van der Waals surface area contributed by atoms with Gasteiger partial charge in [-0.15, -0.1) is 0 Å². The summed E-state index contributed by atoms with van der Waals surface area (Å²) >= 11 is 0.963. The van der Waals surface area contributed by atoms with E-state index in [1.165, 1.54) is 0 Å². The van der Waals surface area contributed by atoms with Gasteiger partial charge in [0, 0.05) is 39.0 Å². The molecule has 0 aromatic heterocycles. The Hall–Kier alpha value is -3.65. The fraction of sp³-hybridized carbons (Fsp3) is 0.520. The lowest BCUT2D eigenvalue weighted by Crippen LogP contribution is -2.65. The van der Waals surface area contributed by atoms with Crippen LogP contribution in [0.4, 0.5) is 4.79 Å². The van der Waals surface area contributed by atoms with Gasteiger partial charge in [0.2, 0.25) is 10.8 Å². The summed E-state index contributed by atoms with van der Waals surface area (Å²) in [5, 5.41) is 0. The molecule has 0 radical (unpaired) electrons. The predicted octanol–water partition coefficient (Wildman–Crippen LogP) is 1.60. The van der Waals surface area contributed by atoms with Crippen LogP contribution in [0.25, 0.3) is 0 Å². The third-order valence-electron chi connectivity index (χ3n) is 5.88. The molecule has 0 saturated carbocycles. The van der Waals surface area contributed by atoms with E-state index in [1.54, 1.807) is 30.3 Å². The van der Waals surface area contributed by atoms with Crippen molar-refractivity contribution >= 4 is 47.6 Å². The summed E-state index contributed by atoms with van der Waals surface area (Å²) in [6, 6.07) is 7.47. The number of carbonyl (C=O) groups excluding carboxylic acids is 6. The summed E-state index contributed by atoms with van der Waals surface area (Å²) in [4.78, 5) is 73.9. The van der Waals surface area contributed by atoms with Crippen LogP contribution in [0.15, 0.2) is 35.2 Å². The van der Waals surface area contributed by atoms with E-state index in [-0.39, 0.29) is 6.42 Å². The van der Waals surface area contributed by atoms with E-state index >= 15 is 0 Å². The zero-order valence-corrected chi connectivity index (χ0v) is 22.8. The van der Waals surface area contributed by atoms with E-state index < -0.39 is 77.9 Å². The fourth-order valence-electron chi connectivity index (χ4n) is 4.50. The van der Waals surface area contributed by atoms with Crippen molar-refractivity contribution in [2.45, 2.75) is 74.4 Å². The summed E-state index contributed by atoms with van der Waals surface area (Å²) in [6.07, 6.45) is -6.83. The average molecular weight is 568 g/mol. The molecule has 2 heterocycles. The van der Waals surface area contributed by atoms with Crippen LogP contribution in [0, 0.1) is 0 Å². The quantitative estimate of drug-likeness (QED) is 0.313. The van der Waals surface area contributed by atoms with E-state index in [1.807, 2.05) is 0 Å². The molecule has 3 rings (SSSR count).